The summed E-state index contributed by atoms with van der Waals surface area (Å²) in [7, 11) is -3.51. The number of nitrogens with zero attached hydrogens (tertiary/aromatic N) is 3. The molecule has 9 nitrogen and oxygen atoms in total. The number of carbonyl (C=O) groups is 1. The molecule has 0 spiro atoms. The zero-order valence-corrected chi connectivity index (χ0v) is 11.0. The smallest absolute Gasteiger partial charge is 0.343 e. The van der Waals surface area contributed by atoms with Gasteiger partial charge in [-0.25, -0.2) is 9.55 Å². The van der Waals surface area contributed by atoms with Crippen LogP contribution in [0.5, 0.6) is 0 Å². The van der Waals surface area contributed by atoms with Crippen molar-refractivity contribution >= 4 is 21.7 Å². The Morgan fingerprint density at radius 1 is 1.58 bits per heavy atom. The second-order valence-corrected chi connectivity index (χ2v) is 5.45. The predicted octanol–water partition coefficient (Wildman–Crippen LogP) is 0.117. The molecule has 0 unspecified atom stereocenters. The van der Waals surface area contributed by atoms with Gasteiger partial charge in [-0.3, -0.25) is 8.98 Å². The summed E-state index contributed by atoms with van der Waals surface area (Å²) in [5.74, 6) is -0.529. The van der Waals surface area contributed by atoms with Crippen molar-refractivity contribution < 1.29 is 22.3 Å². The number of hydrogen-bond acceptors (Lipinski definition) is 7. The molecule has 0 fully saturated rings. The molecule has 106 valence electrons. The lowest BCUT2D eigenvalue weighted by Crippen LogP contribution is -2.12. The Kier molecular flexibility index (Phi) is 5.12. The van der Waals surface area contributed by atoms with Gasteiger partial charge in [-0.2, -0.15) is 8.42 Å². The third-order valence-corrected chi connectivity index (χ3v) is 2.72. The van der Waals surface area contributed by atoms with Crippen molar-refractivity contribution in [3.05, 3.63) is 22.6 Å². The Bertz CT molecular complexity index is 564. The Morgan fingerprint density at radius 2 is 2.26 bits per heavy atom. The highest BCUT2D eigenvalue weighted by Crippen LogP contribution is 2.10. The quantitative estimate of drug-likeness (QED) is 0.288. The molecule has 0 radical (unpaired) electrons. The molecule has 0 amide bonds. The molecule has 1 heterocycles. The first-order valence-corrected chi connectivity index (χ1v) is 7.12. The van der Waals surface area contributed by atoms with E-state index in [1.54, 1.807) is 0 Å². The molecular formula is C9H13N3O6S. The minimum atomic E-state index is -3.51. The van der Waals surface area contributed by atoms with Crippen LogP contribution < -0.4 is 0 Å². The fraction of sp³-hybridized carbons (Fsp3) is 0.556. The van der Waals surface area contributed by atoms with Crippen LogP contribution in [0, 0.1) is 10.1 Å². The molecule has 0 aromatic carbocycles. The normalized spacial score (nSPS) is 11.4. The molecule has 0 bridgehead atoms. The maximum Gasteiger partial charge on any atom is 0.343 e. The molecule has 0 saturated carbocycles. The Morgan fingerprint density at radius 3 is 2.84 bits per heavy atom. The van der Waals surface area contributed by atoms with Gasteiger partial charge in [0.05, 0.1) is 12.9 Å². The van der Waals surface area contributed by atoms with Crippen molar-refractivity contribution in [2.75, 3.05) is 12.9 Å². The zero-order valence-electron chi connectivity index (χ0n) is 10.2. The number of rotatable bonds is 8. The minimum absolute atomic E-state index is 0.0743. The number of ketones is 1. The van der Waals surface area contributed by atoms with Gasteiger partial charge in [-0.1, -0.05) is 0 Å². The van der Waals surface area contributed by atoms with Crippen LogP contribution >= 0.6 is 0 Å². The van der Waals surface area contributed by atoms with E-state index in [0.717, 1.165) is 17.0 Å². The summed E-state index contributed by atoms with van der Waals surface area (Å²) in [6.07, 6.45) is 3.48. The SMILES string of the molecule is CS(=O)(=O)OCCCC(=O)Cn1cncc1[N+](=O)[O-]. The van der Waals surface area contributed by atoms with Gasteiger partial charge >= 0.3 is 5.82 Å². The van der Waals surface area contributed by atoms with Gasteiger partial charge < -0.3 is 10.1 Å². The third-order valence-electron chi connectivity index (χ3n) is 2.12. The molecule has 0 aliphatic heterocycles. The molecule has 19 heavy (non-hydrogen) atoms. The van der Waals surface area contributed by atoms with E-state index in [0.29, 0.717) is 0 Å². The summed E-state index contributed by atoms with van der Waals surface area (Å²) < 4.78 is 26.9. The summed E-state index contributed by atoms with van der Waals surface area (Å²) >= 11 is 0. The van der Waals surface area contributed by atoms with Crippen LogP contribution in [-0.2, 0) is 25.6 Å². The Labute approximate surface area is 109 Å². The lowest BCUT2D eigenvalue weighted by Gasteiger charge is -2.01. The largest absolute Gasteiger partial charge is 0.358 e. The minimum Gasteiger partial charge on any atom is -0.358 e. The maximum absolute atomic E-state index is 11.5. The number of nitro groups is 1. The van der Waals surface area contributed by atoms with Gasteiger partial charge in [-0.15, -0.1) is 0 Å². The molecular weight excluding hydrogens is 278 g/mol. The Hall–Kier alpha value is -1.81. The number of aromatic nitrogens is 2. The van der Waals surface area contributed by atoms with E-state index in [1.165, 1.54) is 6.33 Å². The van der Waals surface area contributed by atoms with Gasteiger partial charge in [0.1, 0.15) is 6.20 Å². The lowest BCUT2D eigenvalue weighted by molar-refractivity contribution is -0.392. The van der Waals surface area contributed by atoms with E-state index in [2.05, 4.69) is 9.17 Å². The van der Waals surface area contributed by atoms with Crippen molar-refractivity contribution in [1.29, 1.82) is 0 Å². The number of hydrogen-bond donors (Lipinski definition) is 0. The van der Waals surface area contributed by atoms with Crippen molar-refractivity contribution in [1.82, 2.24) is 9.55 Å². The summed E-state index contributed by atoms with van der Waals surface area (Å²) in [6, 6.07) is 0. The molecule has 1 aromatic rings. The van der Waals surface area contributed by atoms with Crippen LogP contribution in [0.3, 0.4) is 0 Å². The van der Waals surface area contributed by atoms with Crippen LogP contribution in [0.25, 0.3) is 0 Å². The van der Waals surface area contributed by atoms with E-state index >= 15 is 0 Å². The summed E-state index contributed by atoms with van der Waals surface area (Å²) in [5, 5.41) is 10.6. The van der Waals surface area contributed by atoms with Crippen LogP contribution in [0.1, 0.15) is 12.8 Å². The summed E-state index contributed by atoms with van der Waals surface area (Å²) in [6.45, 7) is -0.258. The second kappa shape index (κ2) is 6.38. The fourth-order valence-electron chi connectivity index (χ4n) is 1.34. The highest BCUT2D eigenvalue weighted by atomic mass is 32.2. The van der Waals surface area contributed by atoms with Gasteiger partial charge in [-0.05, 0) is 11.3 Å². The van der Waals surface area contributed by atoms with Gasteiger partial charge in [0, 0.05) is 6.42 Å². The van der Waals surface area contributed by atoms with E-state index in [-0.39, 0.29) is 37.6 Å². The first kappa shape index (κ1) is 15.2. The van der Waals surface area contributed by atoms with Gasteiger partial charge in [0.2, 0.25) is 0 Å². The van der Waals surface area contributed by atoms with Gasteiger partial charge in [0.15, 0.2) is 18.7 Å². The van der Waals surface area contributed by atoms with E-state index in [4.69, 9.17) is 0 Å². The topological polar surface area (TPSA) is 121 Å². The molecule has 0 saturated heterocycles. The number of imidazole rings is 1. The predicted molar refractivity (Wildman–Crippen MR) is 63.9 cm³/mol. The second-order valence-electron chi connectivity index (χ2n) is 3.81. The molecule has 10 heteroatoms. The zero-order chi connectivity index (χ0) is 14.5. The van der Waals surface area contributed by atoms with Crippen LogP contribution in [0.4, 0.5) is 5.82 Å². The van der Waals surface area contributed by atoms with Crippen LogP contribution in [-0.4, -0.2) is 41.5 Å². The number of carbonyl (C=O) groups excluding carboxylic acids is 1. The van der Waals surface area contributed by atoms with E-state index in [1.807, 2.05) is 0 Å². The average Bonchev–Trinajstić information content (AvgIpc) is 2.71. The Balaban J connectivity index is 2.39. The fourth-order valence-corrected chi connectivity index (χ4v) is 1.76. The first-order chi connectivity index (χ1) is 8.79. The summed E-state index contributed by atoms with van der Waals surface area (Å²) in [5.41, 5.74) is 0. The first-order valence-electron chi connectivity index (χ1n) is 5.30. The average molecular weight is 291 g/mol. The molecule has 0 atom stereocenters. The molecule has 1 aromatic heterocycles. The maximum atomic E-state index is 11.5. The molecule has 1 rings (SSSR count). The van der Waals surface area contributed by atoms with Gasteiger partial charge in [0.25, 0.3) is 10.1 Å². The highest BCUT2D eigenvalue weighted by molar-refractivity contribution is 7.85. The highest BCUT2D eigenvalue weighted by Gasteiger charge is 2.16. The molecule has 0 N–H and O–H groups in total. The van der Waals surface area contributed by atoms with Crippen LogP contribution in [0.15, 0.2) is 12.5 Å². The standard InChI is InChI=1S/C9H13N3O6S/c1-19(16,17)18-4-2-3-8(13)6-11-7-10-5-9(11)12(14)15/h5,7H,2-4,6H2,1H3. The van der Waals surface area contributed by atoms with Crippen molar-refractivity contribution in [3.8, 4) is 0 Å². The van der Waals surface area contributed by atoms with E-state index < -0.39 is 15.0 Å². The van der Waals surface area contributed by atoms with E-state index in [9.17, 15) is 23.3 Å². The summed E-state index contributed by atoms with van der Waals surface area (Å²) in [4.78, 5) is 25.1. The van der Waals surface area contributed by atoms with Crippen molar-refractivity contribution in [2.24, 2.45) is 0 Å². The molecule has 0 aliphatic carbocycles. The van der Waals surface area contributed by atoms with Crippen molar-refractivity contribution in [3.63, 3.8) is 0 Å². The van der Waals surface area contributed by atoms with Crippen LogP contribution in [0.2, 0.25) is 0 Å². The van der Waals surface area contributed by atoms with Crippen molar-refractivity contribution in [2.45, 2.75) is 19.4 Å². The lowest BCUT2D eigenvalue weighted by atomic mass is 10.2. The molecule has 0 aliphatic rings. The number of Topliss-reactive ketones (excluding diaryl/α,β-unsaturated/α-hetero) is 1. The monoisotopic (exact) mass is 291 g/mol. The third kappa shape index (κ3) is 5.57.